The van der Waals surface area contributed by atoms with Gasteiger partial charge in [0.05, 0.1) is 18.2 Å². The van der Waals surface area contributed by atoms with Crippen LogP contribution in [0.2, 0.25) is 0 Å². The summed E-state index contributed by atoms with van der Waals surface area (Å²) in [5.74, 6) is 0.608. The van der Waals surface area contributed by atoms with Crippen molar-refractivity contribution < 1.29 is 18.8 Å². The molecule has 130 valence electrons. The molecule has 0 atom stereocenters. The average Bonchev–Trinajstić information content (AvgIpc) is 3.00. The highest BCUT2D eigenvalue weighted by atomic mass is 16.6. The van der Waals surface area contributed by atoms with Crippen LogP contribution in [-0.4, -0.2) is 33.8 Å². The number of hydrogen-bond donors (Lipinski definition) is 0. The SMILES string of the molecule is COc1cc(-c2nc(CC(=O)OC(C)(C)C)no2)c2ccccc2n1. The summed E-state index contributed by atoms with van der Waals surface area (Å²) < 4.78 is 15.8. The van der Waals surface area contributed by atoms with Gasteiger partial charge in [-0.3, -0.25) is 4.79 Å². The number of hydrogen-bond acceptors (Lipinski definition) is 7. The zero-order chi connectivity index (χ0) is 18.0. The number of para-hydroxylation sites is 1. The number of esters is 1. The molecule has 0 aliphatic rings. The van der Waals surface area contributed by atoms with Crippen molar-refractivity contribution in [2.75, 3.05) is 7.11 Å². The van der Waals surface area contributed by atoms with Crippen LogP contribution in [0.25, 0.3) is 22.4 Å². The molecule has 1 aromatic carbocycles. The first kappa shape index (κ1) is 16.9. The van der Waals surface area contributed by atoms with Crippen LogP contribution in [0.5, 0.6) is 5.88 Å². The van der Waals surface area contributed by atoms with Gasteiger partial charge in [-0.1, -0.05) is 23.4 Å². The molecule has 0 saturated heterocycles. The second-order valence-electron chi connectivity index (χ2n) is 6.51. The van der Waals surface area contributed by atoms with E-state index in [4.69, 9.17) is 14.0 Å². The summed E-state index contributed by atoms with van der Waals surface area (Å²) in [5.41, 5.74) is 0.896. The van der Waals surface area contributed by atoms with Crippen LogP contribution in [0.3, 0.4) is 0 Å². The molecule has 0 radical (unpaired) electrons. The van der Waals surface area contributed by atoms with Crippen molar-refractivity contribution in [2.24, 2.45) is 0 Å². The van der Waals surface area contributed by atoms with Crippen molar-refractivity contribution in [3.05, 3.63) is 36.2 Å². The summed E-state index contributed by atoms with van der Waals surface area (Å²) >= 11 is 0. The maximum Gasteiger partial charge on any atom is 0.314 e. The molecule has 0 bridgehead atoms. The van der Waals surface area contributed by atoms with Gasteiger partial charge in [0.15, 0.2) is 5.82 Å². The Balaban J connectivity index is 1.92. The average molecular weight is 341 g/mol. The summed E-state index contributed by atoms with van der Waals surface area (Å²) in [6.07, 6.45) is -0.0546. The van der Waals surface area contributed by atoms with Gasteiger partial charge < -0.3 is 14.0 Å². The Hall–Kier alpha value is -2.96. The van der Waals surface area contributed by atoms with Crippen LogP contribution in [0, 0.1) is 0 Å². The maximum absolute atomic E-state index is 11.9. The molecule has 0 fully saturated rings. The molecular formula is C18H19N3O4. The molecule has 3 rings (SSSR count). The normalized spacial score (nSPS) is 11.5. The molecule has 2 heterocycles. The van der Waals surface area contributed by atoms with E-state index in [1.165, 1.54) is 0 Å². The third-order valence-corrected chi connectivity index (χ3v) is 3.32. The van der Waals surface area contributed by atoms with Crippen molar-refractivity contribution in [3.63, 3.8) is 0 Å². The van der Waals surface area contributed by atoms with Crippen molar-refractivity contribution in [1.29, 1.82) is 0 Å². The Bertz CT molecular complexity index is 912. The summed E-state index contributed by atoms with van der Waals surface area (Å²) in [5, 5.41) is 4.73. The number of benzene rings is 1. The molecule has 7 nitrogen and oxygen atoms in total. The fraction of sp³-hybridized carbons (Fsp3) is 0.333. The Kier molecular flexibility index (Phi) is 4.39. The first-order chi connectivity index (χ1) is 11.9. The monoisotopic (exact) mass is 341 g/mol. The standard InChI is InChI=1S/C18H19N3O4/c1-18(2,3)24-16(22)10-14-20-17(25-21-14)12-9-15(23-4)19-13-8-6-5-7-11(12)13/h5-9H,10H2,1-4H3. The Morgan fingerprint density at radius 1 is 1.20 bits per heavy atom. The predicted octanol–water partition coefficient (Wildman–Crippen LogP) is 3.18. The number of aromatic nitrogens is 3. The topological polar surface area (TPSA) is 87.3 Å². The van der Waals surface area contributed by atoms with Gasteiger partial charge in [0, 0.05) is 11.5 Å². The van der Waals surface area contributed by atoms with Gasteiger partial charge in [0.1, 0.15) is 12.0 Å². The fourth-order valence-corrected chi connectivity index (χ4v) is 2.37. The van der Waals surface area contributed by atoms with Gasteiger partial charge >= 0.3 is 5.97 Å². The second-order valence-corrected chi connectivity index (χ2v) is 6.51. The number of methoxy groups -OCH3 is 1. The first-order valence-corrected chi connectivity index (χ1v) is 7.84. The van der Waals surface area contributed by atoms with Gasteiger partial charge in [-0.2, -0.15) is 4.98 Å². The van der Waals surface area contributed by atoms with E-state index in [0.29, 0.717) is 17.3 Å². The van der Waals surface area contributed by atoms with E-state index in [-0.39, 0.29) is 12.2 Å². The van der Waals surface area contributed by atoms with E-state index >= 15 is 0 Å². The minimum Gasteiger partial charge on any atom is -0.481 e. The molecular weight excluding hydrogens is 322 g/mol. The smallest absolute Gasteiger partial charge is 0.314 e. The summed E-state index contributed by atoms with van der Waals surface area (Å²) in [6, 6.07) is 9.31. The maximum atomic E-state index is 11.9. The van der Waals surface area contributed by atoms with Gasteiger partial charge in [-0.05, 0) is 26.8 Å². The lowest BCUT2D eigenvalue weighted by Crippen LogP contribution is -2.25. The number of carbonyl (C=O) groups is 1. The van der Waals surface area contributed by atoms with Crippen molar-refractivity contribution in [2.45, 2.75) is 32.8 Å². The highest BCUT2D eigenvalue weighted by molar-refractivity contribution is 5.92. The number of nitrogens with zero attached hydrogens (tertiary/aromatic N) is 3. The van der Waals surface area contributed by atoms with Gasteiger partial charge in [0.2, 0.25) is 5.88 Å². The van der Waals surface area contributed by atoms with Crippen LogP contribution < -0.4 is 4.74 Å². The molecule has 0 spiro atoms. The molecule has 0 N–H and O–H groups in total. The van der Waals surface area contributed by atoms with E-state index in [2.05, 4.69) is 15.1 Å². The molecule has 25 heavy (non-hydrogen) atoms. The minimum absolute atomic E-state index is 0.0546. The summed E-state index contributed by atoms with van der Waals surface area (Å²) in [4.78, 5) is 20.6. The van der Waals surface area contributed by atoms with Crippen LogP contribution in [-0.2, 0) is 16.0 Å². The van der Waals surface area contributed by atoms with Crippen molar-refractivity contribution in [1.82, 2.24) is 15.1 Å². The van der Waals surface area contributed by atoms with Gasteiger partial charge in [-0.25, -0.2) is 4.98 Å². The Labute approximate surface area is 145 Å². The van der Waals surface area contributed by atoms with Crippen molar-refractivity contribution in [3.8, 4) is 17.3 Å². The van der Waals surface area contributed by atoms with Gasteiger partial charge in [-0.15, -0.1) is 0 Å². The molecule has 3 aromatic rings. The van der Waals surface area contributed by atoms with E-state index in [1.807, 2.05) is 45.0 Å². The number of fused-ring (bicyclic) bond motifs is 1. The highest BCUT2D eigenvalue weighted by Gasteiger charge is 2.20. The number of rotatable bonds is 4. The van der Waals surface area contributed by atoms with Crippen molar-refractivity contribution >= 4 is 16.9 Å². The van der Waals surface area contributed by atoms with E-state index in [1.54, 1.807) is 13.2 Å². The first-order valence-electron chi connectivity index (χ1n) is 7.84. The summed E-state index contributed by atoms with van der Waals surface area (Å²) in [7, 11) is 1.54. The minimum atomic E-state index is -0.557. The van der Waals surface area contributed by atoms with E-state index in [0.717, 1.165) is 10.9 Å². The lowest BCUT2D eigenvalue weighted by molar-refractivity contribution is -0.154. The lowest BCUT2D eigenvalue weighted by Gasteiger charge is -2.18. The number of carbonyl (C=O) groups excluding carboxylic acids is 1. The van der Waals surface area contributed by atoms with E-state index in [9.17, 15) is 4.79 Å². The Morgan fingerprint density at radius 3 is 2.68 bits per heavy atom. The van der Waals surface area contributed by atoms with Crippen LogP contribution >= 0.6 is 0 Å². The van der Waals surface area contributed by atoms with Gasteiger partial charge in [0.25, 0.3) is 5.89 Å². The zero-order valence-electron chi connectivity index (χ0n) is 14.6. The largest absolute Gasteiger partial charge is 0.481 e. The Morgan fingerprint density at radius 2 is 1.96 bits per heavy atom. The summed E-state index contributed by atoms with van der Waals surface area (Å²) in [6.45, 7) is 5.42. The quantitative estimate of drug-likeness (QED) is 0.673. The highest BCUT2D eigenvalue weighted by Crippen LogP contribution is 2.29. The van der Waals surface area contributed by atoms with Crippen LogP contribution in [0.4, 0.5) is 0 Å². The van der Waals surface area contributed by atoms with Crippen LogP contribution in [0.1, 0.15) is 26.6 Å². The lowest BCUT2D eigenvalue weighted by atomic mass is 10.1. The molecule has 0 aliphatic carbocycles. The molecule has 7 heteroatoms. The number of ether oxygens (including phenoxy) is 2. The third-order valence-electron chi connectivity index (χ3n) is 3.32. The molecule has 0 amide bonds. The third kappa shape index (κ3) is 3.93. The predicted molar refractivity (Wildman–Crippen MR) is 91.1 cm³/mol. The second kappa shape index (κ2) is 6.51. The fourth-order valence-electron chi connectivity index (χ4n) is 2.37. The van der Waals surface area contributed by atoms with E-state index < -0.39 is 11.6 Å². The zero-order valence-corrected chi connectivity index (χ0v) is 14.6. The van der Waals surface area contributed by atoms with Crippen LogP contribution in [0.15, 0.2) is 34.9 Å². The molecule has 0 unspecified atom stereocenters. The number of pyridine rings is 1. The molecule has 2 aromatic heterocycles. The molecule has 0 aliphatic heterocycles. The molecule has 0 saturated carbocycles.